The Balaban J connectivity index is 1.99. The second kappa shape index (κ2) is 8.44. The molecule has 2 N–H and O–H groups in total. The van der Waals surface area contributed by atoms with E-state index in [2.05, 4.69) is 25.1 Å². The maximum absolute atomic E-state index is 6.03. The molecule has 0 aromatic heterocycles. The molecule has 2 rings (SSSR count). The summed E-state index contributed by atoms with van der Waals surface area (Å²) in [6, 6.07) is 16.6. The van der Waals surface area contributed by atoms with Crippen LogP contribution in [0.25, 0.3) is 0 Å². The van der Waals surface area contributed by atoms with Gasteiger partial charge in [0.25, 0.3) is 0 Å². The lowest BCUT2D eigenvalue weighted by Gasteiger charge is -2.14. The molecular weight excluding hydrogens is 274 g/mol. The van der Waals surface area contributed by atoms with Gasteiger partial charge >= 0.3 is 0 Å². The summed E-state index contributed by atoms with van der Waals surface area (Å²) in [6.45, 7) is 2.73. The first-order chi connectivity index (χ1) is 10.7. The summed E-state index contributed by atoms with van der Waals surface area (Å²) in [5, 5.41) is 0. The normalized spacial score (nSPS) is 12.0. The van der Waals surface area contributed by atoms with Gasteiger partial charge in [-0.1, -0.05) is 43.3 Å². The third-order valence-electron chi connectivity index (χ3n) is 3.74. The molecule has 0 aliphatic rings. The number of nitrogens with two attached hydrogens (primary N) is 1. The first-order valence-corrected chi connectivity index (χ1v) is 7.82. The highest BCUT2D eigenvalue weighted by Gasteiger charge is 2.08. The molecule has 0 saturated heterocycles. The van der Waals surface area contributed by atoms with Crippen molar-refractivity contribution in [2.45, 2.75) is 32.2 Å². The third kappa shape index (κ3) is 4.78. The van der Waals surface area contributed by atoms with Crippen LogP contribution in [-0.4, -0.2) is 19.8 Å². The lowest BCUT2D eigenvalue weighted by molar-refractivity contribution is 0.297. The summed E-state index contributed by atoms with van der Waals surface area (Å²) in [6.07, 6.45) is 2.70. The van der Waals surface area contributed by atoms with E-state index < -0.39 is 0 Å². The molecule has 0 saturated carbocycles. The van der Waals surface area contributed by atoms with Crippen molar-refractivity contribution in [1.29, 1.82) is 0 Å². The van der Waals surface area contributed by atoms with Crippen LogP contribution in [0.3, 0.4) is 0 Å². The third-order valence-corrected chi connectivity index (χ3v) is 3.74. The van der Waals surface area contributed by atoms with E-state index in [9.17, 15) is 0 Å². The van der Waals surface area contributed by atoms with Crippen molar-refractivity contribution >= 4 is 0 Å². The highest BCUT2D eigenvalue weighted by molar-refractivity contribution is 5.43. The van der Waals surface area contributed by atoms with Crippen molar-refractivity contribution in [3.8, 4) is 11.5 Å². The molecule has 0 radical (unpaired) electrons. The van der Waals surface area contributed by atoms with Crippen LogP contribution in [0.1, 0.15) is 24.5 Å². The van der Waals surface area contributed by atoms with Gasteiger partial charge in [-0.2, -0.15) is 0 Å². The summed E-state index contributed by atoms with van der Waals surface area (Å²) in [5.41, 5.74) is 8.48. The van der Waals surface area contributed by atoms with Gasteiger partial charge in [0, 0.05) is 12.5 Å². The number of benzene rings is 2. The lowest BCUT2D eigenvalue weighted by atomic mass is 10.0. The average molecular weight is 299 g/mol. The largest absolute Gasteiger partial charge is 0.493 e. The topological polar surface area (TPSA) is 44.5 Å². The zero-order chi connectivity index (χ0) is 15.8. The van der Waals surface area contributed by atoms with Crippen LogP contribution in [-0.2, 0) is 12.8 Å². The molecule has 0 amide bonds. The Labute approximate surface area is 133 Å². The molecule has 0 aliphatic heterocycles. The number of ether oxygens (including phenoxy) is 2. The van der Waals surface area contributed by atoms with Gasteiger partial charge in [0.05, 0.1) is 13.7 Å². The fourth-order valence-electron chi connectivity index (χ4n) is 2.33. The molecule has 2 aromatic carbocycles. The van der Waals surface area contributed by atoms with Crippen molar-refractivity contribution in [2.75, 3.05) is 13.7 Å². The van der Waals surface area contributed by atoms with E-state index >= 15 is 0 Å². The maximum atomic E-state index is 6.03. The van der Waals surface area contributed by atoms with Gasteiger partial charge in [-0.3, -0.25) is 0 Å². The molecule has 118 valence electrons. The van der Waals surface area contributed by atoms with Crippen LogP contribution in [0.2, 0.25) is 0 Å². The zero-order valence-corrected chi connectivity index (χ0v) is 13.4. The Morgan fingerprint density at radius 3 is 2.45 bits per heavy atom. The summed E-state index contributed by atoms with van der Waals surface area (Å²) in [7, 11) is 1.66. The number of hydrogen-bond donors (Lipinski definition) is 1. The van der Waals surface area contributed by atoms with E-state index in [1.54, 1.807) is 7.11 Å². The zero-order valence-electron chi connectivity index (χ0n) is 13.4. The number of rotatable bonds is 8. The van der Waals surface area contributed by atoms with E-state index in [0.717, 1.165) is 30.8 Å². The molecule has 0 bridgehead atoms. The van der Waals surface area contributed by atoms with Gasteiger partial charge in [0.1, 0.15) is 0 Å². The fourth-order valence-corrected chi connectivity index (χ4v) is 2.33. The standard InChI is InChI=1S/C19H25NO2/c1-3-17(20)13-16-9-10-18(21-2)19(14-16)22-12-11-15-7-5-4-6-8-15/h4-10,14,17H,3,11-13,20H2,1-2H3/t17-/m0/s1. The molecule has 0 heterocycles. The molecule has 3 nitrogen and oxygen atoms in total. The second-order valence-electron chi connectivity index (χ2n) is 5.44. The fraction of sp³-hybridized carbons (Fsp3) is 0.368. The Kier molecular flexibility index (Phi) is 6.28. The SMILES string of the molecule is CC[C@H](N)Cc1ccc(OC)c(OCCc2ccccc2)c1. The van der Waals surface area contributed by atoms with Crippen molar-refractivity contribution in [3.63, 3.8) is 0 Å². The van der Waals surface area contributed by atoms with Crippen LogP contribution in [0, 0.1) is 0 Å². The van der Waals surface area contributed by atoms with Gasteiger partial charge in [0.15, 0.2) is 11.5 Å². The van der Waals surface area contributed by atoms with Crippen LogP contribution < -0.4 is 15.2 Å². The maximum Gasteiger partial charge on any atom is 0.161 e. The van der Waals surface area contributed by atoms with E-state index in [1.807, 2.05) is 30.3 Å². The predicted molar refractivity (Wildman–Crippen MR) is 90.6 cm³/mol. The smallest absolute Gasteiger partial charge is 0.161 e. The van der Waals surface area contributed by atoms with Gasteiger partial charge < -0.3 is 15.2 Å². The van der Waals surface area contributed by atoms with E-state index in [4.69, 9.17) is 15.2 Å². The molecule has 0 spiro atoms. The minimum absolute atomic E-state index is 0.186. The molecule has 22 heavy (non-hydrogen) atoms. The van der Waals surface area contributed by atoms with Crippen molar-refractivity contribution in [2.24, 2.45) is 5.73 Å². The van der Waals surface area contributed by atoms with Crippen molar-refractivity contribution in [3.05, 3.63) is 59.7 Å². The molecule has 0 unspecified atom stereocenters. The number of methoxy groups -OCH3 is 1. The van der Waals surface area contributed by atoms with Crippen LogP contribution in [0.4, 0.5) is 0 Å². The van der Waals surface area contributed by atoms with Crippen molar-refractivity contribution < 1.29 is 9.47 Å². The Hall–Kier alpha value is -2.00. The highest BCUT2D eigenvalue weighted by Crippen LogP contribution is 2.28. The minimum atomic E-state index is 0.186. The van der Waals surface area contributed by atoms with E-state index in [0.29, 0.717) is 6.61 Å². The first-order valence-electron chi connectivity index (χ1n) is 7.82. The van der Waals surface area contributed by atoms with Gasteiger partial charge in [-0.25, -0.2) is 0 Å². The molecule has 2 aromatic rings. The summed E-state index contributed by atoms with van der Waals surface area (Å²) in [5.74, 6) is 1.56. The van der Waals surface area contributed by atoms with E-state index in [1.165, 1.54) is 11.1 Å². The highest BCUT2D eigenvalue weighted by atomic mass is 16.5. The van der Waals surface area contributed by atoms with Gasteiger partial charge in [-0.15, -0.1) is 0 Å². The lowest BCUT2D eigenvalue weighted by Crippen LogP contribution is -2.21. The van der Waals surface area contributed by atoms with Crippen LogP contribution >= 0.6 is 0 Å². The molecule has 3 heteroatoms. The number of hydrogen-bond acceptors (Lipinski definition) is 3. The second-order valence-corrected chi connectivity index (χ2v) is 5.44. The summed E-state index contributed by atoms with van der Waals surface area (Å²) < 4.78 is 11.3. The molecule has 0 aliphatic carbocycles. The van der Waals surface area contributed by atoms with Crippen molar-refractivity contribution in [1.82, 2.24) is 0 Å². The summed E-state index contributed by atoms with van der Waals surface area (Å²) in [4.78, 5) is 0. The molecular formula is C19H25NO2. The minimum Gasteiger partial charge on any atom is -0.493 e. The predicted octanol–water partition coefficient (Wildman–Crippen LogP) is 3.60. The van der Waals surface area contributed by atoms with Gasteiger partial charge in [0.2, 0.25) is 0 Å². The summed E-state index contributed by atoms with van der Waals surface area (Å²) >= 11 is 0. The molecule has 1 atom stereocenters. The molecule has 0 fully saturated rings. The van der Waals surface area contributed by atoms with Gasteiger partial charge in [-0.05, 0) is 36.1 Å². The van der Waals surface area contributed by atoms with E-state index in [-0.39, 0.29) is 6.04 Å². The van der Waals surface area contributed by atoms with Crippen LogP contribution in [0.5, 0.6) is 11.5 Å². The average Bonchev–Trinajstić information content (AvgIpc) is 2.56. The first kappa shape index (κ1) is 16.4. The Morgan fingerprint density at radius 1 is 1.00 bits per heavy atom. The Bertz CT molecular complexity index is 569. The Morgan fingerprint density at radius 2 is 1.77 bits per heavy atom. The van der Waals surface area contributed by atoms with Crippen LogP contribution in [0.15, 0.2) is 48.5 Å². The quantitative estimate of drug-likeness (QED) is 0.810. The monoisotopic (exact) mass is 299 g/mol.